The van der Waals surface area contributed by atoms with Gasteiger partial charge in [0.2, 0.25) is 10.0 Å². The number of nitrogens with zero attached hydrogens (tertiary/aromatic N) is 1. The normalized spacial score (nSPS) is 22.0. The minimum atomic E-state index is -3.56. The third-order valence-corrected chi connectivity index (χ3v) is 7.51. The molecule has 154 valence electrons. The van der Waals surface area contributed by atoms with E-state index in [0.29, 0.717) is 18.7 Å². The molecule has 2 fully saturated rings. The summed E-state index contributed by atoms with van der Waals surface area (Å²) >= 11 is 0. The molecule has 4 rings (SSSR count). The Morgan fingerprint density at radius 1 is 1.14 bits per heavy atom. The first-order chi connectivity index (χ1) is 13.8. The minimum absolute atomic E-state index is 0.0447. The molecule has 2 aliphatic rings. The van der Waals surface area contributed by atoms with Crippen molar-refractivity contribution in [3.05, 3.63) is 65.7 Å². The van der Waals surface area contributed by atoms with Gasteiger partial charge in [0.25, 0.3) is 5.91 Å². The monoisotopic (exact) mass is 412 g/mol. The first kappa shape index (κ1) is 20.1. The van der Waals surface area contributed by atoms with Gasteiger partial charge in [-0.3, -0.25) is 4.79 Å². The van der Waals surface area contributed by atoms with E-state index in [2.05, 4.69) is 35.9 Å². The Hall–Kier alpha value is -2.18. The van der Waals surface area contributed by atoms with Gasteiger partial charge in [0.15, 0.2) is 0 Å². The zero-order chi connectivity index (χ0) is 20.5. The van der Waals surface area contributed by atoms with Crippen LogP contribution in [-0.4, -0.2) is 38.4 Å². The number of likely N-dealkylation sites (tertiary alicyclic amines) is 1. The van der Waals surface area contributed by atoms with Crippen LogP contribution in [0.5, 0.6) is 0 Å². The van der Waals surface area contributed by atoms with Crippen LogP contribution in [0.3, 0.4) is 0 Å². The van der Waals surface area contributed by atoms with Crippen LogP contribution in [0, 0.1) is 5.41 Å². The molecule has 5 nitrogen and oxygen atoms in total. The predicted molar refractivity (Wildman–Crippen MR) is 113 cm³/mol. The van der Waals surface area contributed by atoms with Crippen molar-refractivity contribution in [1.82, 2.24) is 9.62 Å². The Morgan fingerprint density at radius 3 is 2.62 bits per heavy atom. The molecule has 1 atom stereocenters. The number of amides is 1. The first-order valence-corrected chi connectivity index (χ1v) is 11.8. The van der Waals surface area contributed by atoms with Gasteiger partial charge in [0.05, 0.1) is 4.90 Å². The number of hydrogen-bond donors (Lipinski definition) is 1. The van der Waals surface area contributed by atoms with Gasteiger partial charge in [-0.2, -0.15) is 0 Å². The summed E-state index contributed by atoms with van der Waals surface area (Å²) in [4.78, 5) is 15.1. The Morgan fingerprint density at radius 2 is 1.90 bits per heavy atom. The van der Waals surface area contributed by atoms with Crippen LogP contribution >= 0.6 is 0 Å². The quantitative estimate of drug-likeness (QED) is 0.755. The number of benzene rings is 2. The number of carbonyl (C=O) groups excluding carboxylic acids is 1. The van der Waals surface area contributed by atoms with Crippen molar-refractivity contribution >= 4 is 15.9 Å². The van der Waals surface area contributed by atoms with Gasteiger partial charge in [0.1, 0.15) is 0 Å². The second-order valence-corrected chi connectivity index (χ2v) is 10.4. The summed E-state index contributed by atoms with van der Waals surface area (Å²) in [5.41, 5.74) is 1.85. The van der Waals surface area contributed by atoms with Gasteiger partial charge in [0, 0.05) is 24.7 Å². The lowest BCUT2D eigenvalue weighted by Crippen LogP contribution is -2.31. The van der Waals surface area contributed by atoms with E-state index in [-0.39, 0.29) is 22.3 Å². The number of sulfonamides is 1. The minimum Gasteiger partial charge on any atom is -0.338 e. The second kappa shape index (κ2) is 7.92. The molecule has 1 N–H and O–H groups in total. The molecular weight excluding hydrogens is 384 g/mol. The molecule has 1 saturated carbocycles. The third kappa shape index (κ3) is 4.87. The van der Waals surface area contributed by atoms with E-state index < -0.39 is 10.0 Å². The van der Waals surface area contributed by atoms with E-state index in [4.69, 9.17) is 0 Å². The molecule has 2 aromatic rings. The fourth-order valence-electron chi connectivity index (χ4n) is 3.96. The summed E-state index contributed by atoms with van der Waals surface area (Å²) in [6, 6.07) is 16.9. The highest BCUT2D eigenvalue weighted by molar-refractivity contribution is 7.89. The van der Waals surface area contributed by atoms with Gasteiger partial charge >= 0.3 is 0 Å². The molecule has 2 aromatic carbocycles. The second-order valence-electron chi connectivity index (χ2n) is 8.70. The van der Waals surface area contributed by atoms with E-state index in [1.54, 1.807) is 18.2 Å². The smallest absolute Gasteiger partial charge is 0.253 e. The van der Waals surface area contributed by atoms with Crippen molar-refractivity contribution in [3.8, 4) is 0 Å². The van der Waals surface area contributed by atoms with E-state index >= 15 is 0 Å². The first-order valence-electron chi connectivity index (χ1n) is 10.3. The lowest BCUT2D eigenvalue weighted by atomic mass is 9.83. The van der Waals surface area contributed by atoms with Gasteiger partial charge in [-0.1, -0.05) is 43.3 Å². The van der Waals surface area contributed by atoms with Crippen LogP contribution in [0.15, 0.2) is 59.5 Å². The maximum Gasteiger partial charge on any atom is 0.253 e. The van der Waals surface area contributed by atoms with Crippen LogP contribution in [0.2, 0.25) is 0 Å². The molecular formula is C23H28N2O3S. The zero-order valence-electron chi connectivity index (χ0n) is 16.8. The fraction of sp³-hybridized carbons (Fsp3) is 0.435. The molecule has 1 heterocycles. The van der Waals surface area contributed by atoms with Crippen LogP contribution in [0.25, 0.3) is 0 Å². The van der Waals surface area contributed by atoms with Crippen molar-refractivity contribution in [1.29, 1.82) is 0 Å². The molecule has 1 aliphatic heterocycles. The average Bonchev–Trinajstić information content (AvgIpc) is 3.44. The molecule has 0 spiro atoms. The van der Waals surface area contributed by atoms with Crippen molar-refractivity contribution in [2.24, 2.45) is 5.41 Å². The molecule has 0 radical (unpaired) electrons. The van der Waals surface area contributed by atoms with Gasteiger partial charge in [-0.15, -0.1) is 0 Å². The number of aryl methyl sites for hydroxylation is 1. The maximum absolute atomic E-state index is 13.0. The molecule has 1 aliphatic carbocycles. The molecule has 1 unspecified atom stereocenters. The molecule has 6 heteroatoms. The highest BCUT2D eigenvalue weighted by Crippen LogP contribution is 2.35. The Kier molecular flexibility index (Phi) is 5.49. The largest absolute Gasteiger partial charge is 0.338 e. The van der Waals surface area contributed by atoms with E-state index in [0.717, 1.165) is 32.1 Å². The highest BCUT2D eigenvalue weighted by atomic mass is 32.2. The average molecular weight is 413 g/mol. The van der Waals surface area contributed by atoms with Crippen LogP contribution in [0.4, 0.5) is 0 Å². The van der Waals surface area contributed by atoms with Gasteiger partial charge in [-0.25, -0.2) is 13.1 Å². The standard InChI is InChI=1S/C23H28N2O3S/c1-23(13-12-18-6-3-2-4-7-18)14-15-25(17-23)22(26)19-8-5-9-21(16-19)29(27,28)24-20-10-11-20/h2-9,16,20,24H,10-15,17H2,1H3. The number of carbonyl (C=O) groups is 1. The van der Waals surface area contributed by atoms with Gasteiger partial charge in [-0.05, 0) is 61.3 Å². The lowest BCUT2D eigenvalue weighted by molar-refractivity contribution is 0.0773. The predicted octanol–water partition coefficient (Wildman–Crippen LogP) is 3.61. The van der Waals surface area contributed by atoms with Crippen LogP contribution in [0.1, 0.15) is 48.5 Å². The summed E-state index contributed by atoms with van der Waals surface area (Å²) in [5, 5.41) is 0. The summed E-state index contributed by atoms with van der Waals surface area (Å²) < 4.78 is 27.6. The van der Waals surface area contributed by atoms with E-state index in [1.165, 1.54) is 11.6 Å². The molecule has 1 amide bonds. The summed E-state index contributed by atoms with van der Waals surface area (Å²) in [7, 11) is -3.56. The summed E-state index contributed by atoms with van der Waals surface area (Å²) in [6.07, 6.45) is 4.76. The number of hydrogen-bond acceptors (Lipinski definition) is 3. The topological polar surface area (TPSA) is 66.5 Å². The lowest BCUT2D eigenvalue weighted by Gasteiger charge is -2.25. The SMILES string of the molecule is CC1(CCc2ccccc2)CCN(C(=O)c2cccc(S(=O)(=O)NC3CC3)c2)C1. The van der Waals surface area contributed by atoms with Crippen LogP contribution < -0.4 is 4.72 Å². The number of rotatable bonds is 7. The highest BCUT2D eigenvalue weighted by Gasteiger charge is 2.36. The molecule has 29 heavy (non-hydrogen) atoms. The van der Waals surface area contributed by atoms with Crippen molar-refractivity contribution in [2.45, 2.75) is 50.0 Å². The molecule has 0 bridgehead atoms. The molecule has 1 saturated heterocycles. The van der Waals surface area contributed by atoms with Crippen molar-refractivity contribution < 1.29 is 13.2 Å². The molecule has 0 aromatic heterocycles. The Balaban J connectivity index is 1.41. The zero-order valence-corrected chi connectivity index (χ0v) is 17.6. The fourth-order valence-corrected chi connectivity index (χ4v) is 5.31. The summed E-state index contributed by atoms with van der Waals surface area (Å²) in [5.74, 6) is -0.0862. The number of nitrogens with one attached hydrogen (secondary N) is 1. The van der Waals surface area contributed by atoms with E-state index in [1.807, 2.05) is 11.0 Å². The Bertz CT molecular complexity index is 986. The maximum atomic E-state index is 13.0. The van der Waals surface area contributed by atoms with Gasteiger partial charge < -0.3 is 4.90 Å². The Labute approximate surface area is 173 Å². The van der Waals surface area contributed by atoms with Crippen molar-refractivity contribution in [3.63, 3.8) is 0 Å². The van der Waals surface area contributed by atoms with Crippen molar-refractivity contribution in [2.75, 3.05) is 13.1 Å². The third-order valence-electron chi connectivity index (χ3n) is 6.00. The summed E-state index contributed by atoms with van der Waals surface area (Å²) in [6.45, 7) is 3.65. The van der Waals surface area contributed by atoms with Crippen LogP contribution in [-0.2, 0) is 16.4 Å². The van der Waals surface area contributed by atoms with E-state index in [9.17, 15) is 13.2 Å².